The standard InChI is InChI=1S/C15H14F2N2O4S/c1-15(2)10(14(22)23)19-12(21)9(13(19)24-15)18-11(20)6-3-4-7(16)8(17)5-6/h3-5,9-10,13H,1-2H3,(H,18,20)(H,22,23)/t9-,10+,13-/m1/s1. The minimum absolute atomic E-state index is 0.114. The maximum Gasteiger partial charge on any atom is 0.327 e. The van der Waals surface area contributed by atoms with Gasteiger partial charge in [-0.1, -0.05) is 0 Å². The number of β-lactam (4-membered cyclic amide) rings is 1. The summed E-state index contributed by atoms with van der Waals surface area (Å²) in [5.74, 6) is -4.56. The molecule has 1 aromatic rings. The van der Waals surface area contributed by atoms with E-state index in [9.17, 15) is 28.3 Å². The summed E-state index contributed by atoms with van der Waals surface area (Å²) < 4.78 is 25.4. The molecule has 128 valence electrons. The SMILES string of the molecule is CC1(C)S[C@@H]2[C@H](NC(=O)c3ccc(F)c(F)c3)C(=O)N2[C@H]1C(=O)O. The number of nitrogens with one attached hydrogen (secondary N) is 1. The Hall–Kier alpha value is -2.16. The Morgan fingerprint density at radius 2 is 1.96 bits per heavy atom. The van der Waals surface area contributed by atoms with E-state index in [1.54, 1.807) is 13.8 Å². The van der Waals surface area contributed by atoms with Crippen molar-refractivity contribution in [2.45, 2.75) is 36.1 Å². The van der Waals surface area contributed by atoms with Gasteiger partial charge in [0.25, 0.3) is 5.91 Å². The van der Waals surface area contributed by atoms with E-state index in [1.807, 2.05) is 0 Å². The zero-order valence-electron chi connectivity index (χ0n) is 12.7. The van der Waals surface area contributed by atoms with Gasteiger partial charge in [-0.2, -0.15) is 0 Å². The topological polar surface area (TPSA) is 86.7 Å². The van der Waals surface area contributed by atoms with Crippen LogP contribution >= 0.6 is 11.8 Å². The third-order valence-corrected chi connectivity index (χ3v) is 5.71. The second-order valence-electron chi connectivity index (χ2n) is 6.18. The average Bonchev–Trinajstić information content (AvgIpc) is 2.75. The first-order valence-corrected chi connectivity index (χ1v) is 8.00. The zero-order chi connectivity index (χ0) is 17.8. The smallest absolute Gasteiger partial charge is 0.327 e. The van der Waals surface area contributed by atoms with Crippen LogP contribution < -0.4 is 5.32 Å². The van der Waals surface area contributed by atoms with Crippen LogP contribution in [0, 0.1) is 11.6 Å². The Kier molecular flexibility index (Phi) is 3.78. The second-order valence-corrected chi connectivity index (χ2v) is 7.95. The minimum atomic E-state index is -1.16. The maximum atomic E-state index is 13.2. The molecule has 1 aromatic carbocycles. The summed E-state index contributed by atoms with van der Waals surface area (Å²) in [4.78, 5) is 37.0. The molecule has 2 aliphatic heterocycles. The summed E-state index contributed by atoms with van der Waals surface area (Å²) >= 11 is 1.28. The summed E-state index contributed by atoms with van der Waals surface area (Å²) in [5, 5.41) is 11.3. The van der Waals surface area contributed by atoms with E-state index >= 15 is 0 Å². The Balaban J connectivity index is 1.76. The summed E-state index contributed by atoms with van der Waals surface area (Å²) in [7, 11) is 0. The molecule has 0 spiro atoms. The van der Waals surface area contributed by atoms with E-state index in [4.69, 9.17) is 0 Å². The molecule has 0 aliphatic carbocycles. The Bertz CT molecular complexity index is 755. The summed E-state index contributed by atoms with van der Waals surface area (Å²) in [6, 6.07) is 0.820. The van der Waals surface area contributed by atoms with Crippen LogP contribution in [-0.4, -0.2) is 50.0 Å². The van der Waals surface area contributed by atoms with Crippen LogP contribution in [0.1, 0.15) is 24.2 Å². The molecule has 3 atom stereocenters. The van der Waals surface area contributed by atoms with Crippen LogP contribution in [-0.2, 0) is 9.59 Å². The highest BCUT2D eigenvalue weighted by Crippen LogP contribution is 2.50. The highest BCUT2D eigenvalue weighted by molar-refractivity contribution is 8.01. The van der Waals surface area contributed by atoms with Gasteiger partial charge in [0.05, 0.1) is 0 Å². The van der Waals surface area contributed by atoms with E-state index in [1.165, 1.54) is 16.7 Å². The van der Waals surface area contributed by atoms with Crippen molar-refractivity contribution >= 4 is 29.5 Å². The molecule has 2 amide bonds. The lowest BCUT2D eigenvalue weighted by atomic mass is 9.96. The number of halogens is 2. The molecule has 6 nitrogen and oxygen atoms in total. The molecular weight excluding hydrogens is 342 g/mol. The molecular formula is C15H14F2N2O4S. The van der Waals surface area contributed by atoms with Gasteiger partial charge >= 0.3 is 5.97 Å². The molecule has 2 fully saturated rings. The van der Waals surface area contributed by atoms with Crippen molar-refractivity contribution in [2.75, 3.05) is 0 Å². The van der Waals surface area contributed by atoms with E-state index in [0.29, 0.717) is 0 Å². The Labute approximate surface area is 140 Å². The highest BCUT2D eigenvalue weighted by atomic mass is 32.2. The number of rotatable bonds is 3. The van der Waals surface area contributed by atoms with Crippen LogP contribution in [0.2, 0.25) is 0 Å². The predicted octanol–water partition coefficient (Wildman–Crippen LogP) is 1.21. The predicted molar refractivity (Wildman–Crippen MR) is 81.3 cm³/mol. The first-order chi connectivity index (χ1) is 11.1. The molecule has 2 saturated heterocycles. The van der Waals surface area contributed by atoms with Crippen molar-refractivity contribution in [3.63, 3.8) is 0 Å². The van der Waals surface area contributed by atoms with Crippen LogP contribution in [0.5, 0.6) is 0 Å². The van der Waals surface area contributed by atoms with Crippen molar-refractivity contribution in [2.24, 2.45) is 0 Å². The van der Waals surface area contributed by atoms with Crippen molar-refractivity contribution < 1.29 is 28.3 Å². The van der Waals surface area contributed by atoms with Gasteiger partial charge in [-0.3, -0.25) is 9.59 Å². The van der Waals surface area contributed by atoms with Crippen molar-refractivity contribution in [3.8, 4) is 0 Å². The van der Waals surface area contributed by atoms with Crippen molar-refractivity contribution in [1.29, 1.82) is 0 Å². The molecule has 2 heterocycles. The number of thioether (sulfide) groups is 1. The average molecular weight is 356 g/mol. The van der Waals surface area contributed by atoms with Crippen LogP contribution in [0.4, 0.5) is 8.78 Å². The quantitative estimate of drug-likeness (QED) is 0.795. The van der Waals surface area contributed by atoms with Gasteiger partial charge in [-0.05, 0) is 32.0 Å². The molecule has 2 aliphatic rings. The summed E-state index contributed by atoms with van der Waals surface area (Å²) in [5.41, 5.74) is -0.114. The van der Waals surface area contributed by atoms with Gasteiger partial charge in [-0.15, -0.1) is 11.8 Å². The number of carbonyl (C=O) groups is 3. The Morgan fingerprint density at radius 3 is 2.54 bits per heavy atom. The highest BCUT2D eigenvalue weighted by Gasteiger charge is 2.64. The molecule has 0 unspecified atom stereocenters. The van der Waals surface area contributed by atoms with Crippen LogP contribution in [0.3, 0.4) is 0 Å². The van der Waals surface area contributed by atoms with Gasteiger partial charge in [0.15, 0.2) is 11.6 Å². The number of hydrogen-bond donors (Lipinski definition) is 2. The number of hydrogen-bond acceptors (Lipinski definition) is 4. The molecule has 0 saturated carbocycles. The lowest BCUT2D eigenvalue weighted by molar-refractivity contribution is -0.159. The normalized spacial score (nSPS) is 27.4. The van der Waals surface area contributed by atoms with E-state index in [-0.39, 0.29) is 5.56 Å². The number of benzene rings is 1. The molecule has 0 radical (unpaired) electrons. The molecule has 2 N–H and O–H groups in total. The molecule has 0 aromatic heterocycles. The third-order valence-electron chi connectivity index (χ3n) is 4.14. The van der Waals surface area contributed by atoms with Gasteiger partial charge in [-0.25, -0.2) is 13.6 Å². The van der Waals surface area contributed by atoms with E-state index in [0.717, 1.165) is 18.2 Å². The molecule has 24 heavy (non-hydrogen) atoms. The molecule has 3 rings (SSSR count). The van der Waals surface area contributed by atoms with Gasteiger partial charge in [0.1, 0.15) is 17.5 Å². The summed E-state index contributed by atoms with van der Waals surface area (Å²) in [6.45, 7) is 3.44. The number of carboxylic acids is 1. The lowest BCUT2D eigenvalue weighted by Gasteiger charge is -2.43. The van der Waals surface area contributed by atoms with Gasteiger partial charge < -0.3 is 15.3 Å². The van der Waals surface area contributed by atoms with Crippen LogP contribution in [0.25, 0.3) is 0 Å². The number of aliphatic carboxylic acids is 1. The molecule has 0 bridgehead atoms. The van der Waals surface area contributed by atoms with Gasteiger partial charge in [0, 0.05) is 10.3 Å². The third kappa shape index (κ3) is 2.43. The first-order valence-electron chi connectivity index (χ1n) is 7.12. The van der Waals surface area contributed by atoms with E-state index < -0.39 is 51.6 Å². The van der Waals surface area contributed by atoms with Crippen LogP contribution in [0.15, 0.2) is 18.2 Å². The summed E-state index contributed by atoms with van der Waals surface area (Å²) in [6.07, 6.45) is 0. The number of fused-ring (bicyclic) bond motifs is 1. The number of nitrogens with zero attached hydrogens (tertiary/aromatic N) is 1. The number of amides is 2. The zero-order valence-corrected chi connectivity index (χ0v) is 13.6. The number of carbonyl (C=O) groups excluding carboxylic acids is 2. The number of carboxylic acid groups (broad SMARTS) is 1. The van der Waals surface area contributed by atoms with Crippen molar-refractivity contribution in [3.05, 3.63) is 35.4 Å². The van der Waals surface area contributed by atoms with Crippen molar-refractivity contribution in [1.82, 2.24) is 10.2 Å². The first kappa shape index (κ1) is 16.7. The maximum absolute atomic E-state index is 13.2. The Morgan fingerprint density at radius 1 is 1.29 bits per heavy atom. The second kappa shape index (κ2) is 5.44. The fraction of sp³-hybridized carbons (Fsp3) is 0.400. The van der Waals surface area contributed by atoms with E-state index in [2.05, 4.69) is 5.32 Å². The largest absolute Gasteiger partial charge is 0.480 e. The fourth-order valence-electron chi connectivity index (χ4n) is 3.01. The van der Waals surface area contributed by atoms with Gasteiger partial charge in [0.2, 0.25) is 5.91 Å². The lowest BCUT2D eigenvalue weighted by Crippen LogP contribution is -2.70. The minimum Gasteiger partial charge on any atom is -0.480 e. The molecule has 9 heteroatoms. The fourth-order valence-corrected chi connectivity index (χ4v) is 4.63. The monoisotopic (exact) mass is 356 g/mol.